The lowest BCUT2D eigenvalue weighted by molar-refractivity contribution is 0.565. The van der Waals surface area contributed by atoms with Gasteiger partial charge in [0.15, 0.2) is 9.84 Å². The first kappa shape index (κ1) is 13.9. The summed E-state index contributed by atoms with van der Waals surface area (Å²) >= 11 is 5.98. The van der Waals surface area contributed by atoms with Crippen molar-refractivity contribution in [1.29, 1.82) is 0 Å². The zero-order valence-electron chi connectivity index (χ0n) is 11.3. The van der Waals surface area contributed by atoms with Crippen LogP contribution in [0, 0.1) is 6.92 Å². The van der Waals surface area contributed by atoms with Crippen LogP contribution in [0.2, 0.25) is 0 Å². The molecule has 2 aromatic rings. The minimum atomic E-state index is -2.96. The lowest BCUT2D eigenvalue weighted by Crippen LogP contribution is -2.23. The van der Waals surface area contributed by atoms with Crippen molar-refractivity contribution in [3.8, 4) is 0 Å². The molecule has 20 heavy (non-hydrogen) atoms. The van der Waals surface area contributed by atoms with E-state index in [0.29, 0.717) is 18.2 Å². The summed E-state index contributed by atoms with van der Waals surface area (Å²) in [5.74, 6) is 1.35. The number of halogens is 1. The third kappa shape index (κ3) is 2.23. The van der Waals surface area contributed by atoms with Gasteiger partial charge in [-0.15, -0.1) is 11.6 Å². The van der Waals surface area contributed by atoms with Gasteiger partial charge in [-0.2, -0.15) is 0 Å². The molecule has 1 aliphatic heterocycles. The van der Waals surface area contributed by atoms with Crippen LogP contribution in [-0.2, 0) is 22.3 Å². The maximum absolute atomic E-state index is 12.0. The van der Waals surface area contributed by atoms with E-state index in [1.165, 1.54) is 0 Å². The van der Waals surface area contributed by atoms with Crippen molar-refractivity contribution >= 4 is 32.5 Å². The van der Waals surface area contributed by atoms with Gasteiger partial charge < -0.3 is 4.57 Å². The number of rotatable bonds is 3. The number of aryl methyl sites for hydroxylation is 1. The lowest BCUT2D eigenvalue weighted by Gasteiger charge is -2.14. The minimum absolute atomic E-state index is 0.293. The number of fused-ring (bicyclic) bond motifs is 1. The van der Waals surface area contributed by atoms with Gasteiger partial charge in [0.05, 0.1) is 27.9 Å². The van der Waals surface area contributed by atoms with Gasteiger partial charge >= 0.3 is 0 Å². The molecule has 1 aromatic heterocycles. The first-order valence-corrected chi connectivity index (χ1v) is 9.00. The topological polar surface area (TPSA) is 52.0 Å². The zero-order valence-corrected chi connectivity index (χ0v) is 12.9. The second-order valence-electron chi connectivity index (χ2n) is 5.35. The standard InChI is InChI=1S/C14H17ClN2O2S/c1-10-4-2-6-12-14(10)17(13(8-15)16-12)9-11-5-3-7-20(11,18)19/h2,4,6,11H,3,5,7-9H2,1H3. The molecule has 3 rings (SSSR count). The molecule has 1 aliphatic rings. The number of imidazole rings is 1. The summed E-state index contributed by atoms with van der Waals surface area (Å²) in [5, 5.41) is -0.304. The van der Waals surface area contributed by atoms with Crippen molar-refractivity contribution in [2.75, 3.05) is 5.75 Å². The largest absolute Gasteiger partial charge is 0.325 e. The van der Waals surface area contributed by atoms with Gasteiger partial charge in [0.25, 0.3) is 0 Å². The summed E-state index contributed by atoms with van der Waals surface area (Å²) in [5.41, 5.74) is 2.99. The highest BCUT2D eigenvalue weighted by atomic mass is 35.5. The van der Waals surface area contributed by atoms with Crippen LogP contribution < -0.4 is 0 Å². The van der Waals surface area contributed by atoms with Crippen molar-refractivity contribution < 1.29 is 8.42 Å². The second kappa shape index (κ2) is 5.04. The first-order chi connectivity index (χ1) is 9.53. The fourth-order valence-corrected chi connectivity index (χ4v) is 4.99. The summed E-state index contributed by atoms with van der Waals surface area (Å²) in [6.45, 7) is 2.48. The predicted molar refractivity (Wildman–Crippen MR) is 80.8 cm³/mol. The molecule has 0 amide bonds. The van der Waals surface area contributed by atoms with Gasteiger partial charge in [-0.05, 0) is 31.4 Å². The van der Waals surface area contributed by atoms with E-state index in [2.05, 4.69) is 4.98 Å². The van der Waals surface area contributed by atoms with Crippen molar-refractivity contribution in [3.05, 3.63) is 29.6 Å². The number of aromatic nitrogens is 2. The minimum Gasteiger partial charge on any atom is -0.325 e. The van der Waals surface area contributed by atoms with E-state index in [0.717, 1.165) is 35.3 Å². The van der Waals surface area contributed by atoms with Crippen LogP contribution in [-0.4, -0.2) is 29.0 Å². The molecule has 1 atom stereocenters. The van der Waals surface area contributed by atoms with E-state index in [9.17, 15) is 8.42 Å². The Balaban J connectivity index is 2.10. The summed E-state index contributed by atoms with van der Waals surface area (Å²) in [4.78, 5) is 4.52. The fourth-order valence-electron chi connectivity index (χ4n) is 2.98. The smallest absolute Gasteiger partial charge is 0.154 e. The number of nitrogens with zero attached hydrogens (tertiary/aromatic N) is 2. The molecule has 0 spiro atoms. The normalized spacial score (nSPS) is 21.6. The number of hydrogen-bond acceptors (Lipinski definition) is 3. The molecular weight excluding hydrogens is 296 g/mol. The quantitative estimate of drug-likeness (QED) is 0.819. The van der Waals surface area contributed by atoms with E-state index >= 15 is 0 Å². The monoisotopic (exact) mass is 312 g/mol. The van der Waals surface area contributed by atoms with Crippen LogP contribution >= 0.6 is 11.6 Å². The number of benzene rings is 1. The third-order valence-corrected chi connectivity index (χ3v) is 6.51. The van der Waals surface area contributed by atoms with Gasteiger partial charge in [0.1, 0.15) is 5.82 Å². The average molecular weight is 313 g/mol. The maximum Gasteiger partial charge on any atom is 0.154 e. The zero-order chi connectivity index (χ0) is 14.3. The Bertz CT molecular complexity index is 752. The second-order valence-corrected chi connectivity index (χ2v) is 8.01. The van der Waals surface area contributed by atoms with E-state index in [1.54, 1.807) is 0 Å². The molecule has 0 aliphatic carbocycles. The molecule has 1 saturated heterocycles. The Labute approximate surface area is 123 Å². The van der Waals surface area contributed by atoms with Crippen LogP contribution in [0.1, 0.15) is 24.2 Å². The Morgan fingerprint density at radius 3 is 2.90 bits per heavy atom. The molecule has 1 unspecified atom stereocenters. The predicted octanol–water partition coefficient (Wildman–Crippen LogP) is 2.66. The highest BCUT2D eigenvalue weighted by Gasteiger charge is 2.32. The molecule has 0 N–H and O–H groups in total. The molecule has 0 bridgehead atoms. The first-order valence-electron chi connectivity index (χ1n) is 6.75. The molecule has 1 aromatic carbocycles. The summed E-state index contributed by atoms with van der Waals surface area (Å²) in [6, 6.07) is 5.92. The highest BCUT2D eigenvalue weighted by molar-refractivity contribution is 7.92. The molecule has 2 heterocycles. The third-order valence-electron chi connectivity index (χ3n) is 4.02. The molecule has 4 nitrogen and oxygen atoms in total. The van der Waals surface area contributed by atoms with E-state index < -0.39 is 9.84 Å². The van der Waals surface area contributed by atoms with E-state index in [4.69, 9.17) is 11.6 Å². The number of sulfone groups is 1. The summed E-state index contributed by atoms with van der Waals surface area (Å²) < 4.78 is 26.1. The number of para-hydroxylation sites is 1. The summed E-state index contributed by atoms with van der Waals surface area (Å²) in [7, 11) is -2.96. The van der Waals surface area contributed by atoms with Crippen LogP contribution in [0.5, 0.6) is 0 Å². The van der Waals surface area contributed by atoms with Crippen molar-refractivity contribution in [3.63, 3.8) is 0 Å². The molecular formula is C14H17ClN2O2S. The highest BCUT2D eigenvalue weighted by Crippen LogP contribution is 2.26. The Morgan fingerprint density at radius 1 is 1.45 bits per heavy atom. The average Bonchev–Trinajstić information content (AvgIpc) is 2.92. The lowest BCUT2D eigenvalue weighted by atomic mass is 10.2. The fraction of sp³-hybridized carbons (Fsp3) is 0.500. The van der Waals surface area contributed by atoms with Gasteiger partial charge in [-0.3, -0.25) is 0 Å². The van der Waals surface area contributed by atoms with E-state index in [1.807, 2.05) is 29.7 Å². The van der Waals surface area contributed by atoms with Crippen LogP contribution in [0.3, 0.4) is 0 Å². The van der Waals surface area contributed by atoms with Crippen molar-refractivity contribution in [1.82, 2.24) is 9.55 Å². The van der Waals surface area contributed by atoms with E-state index in [-0.39, 0.29) is 5.25 Å². The van der Waals surface area contributed by atoms with Crippen molar-refractivity contribution in [2.45, 2.75) is 37.4 Å². The maximum atomic E-state index is 12.0. The molecule has 6 heteroatoms. The Morgan fingerprint density at radius 2 is 2.25 bits per heavy atom. The Kier molecular flexibility index (Phi) is 3.50. The number of alkyl halides is 1. The SMILES string of the molecule is Cc1cccc2nc(CCl)n(CC3CCCS3(=O)=O)c12. The summed E-state index contributed by atoms with van der Waals surface area (Å²) in [6.07, 6.45) is 1.49. The van der Waals surface area contributed by atoms with Crippen LogP contribution in [0.4, 0.5) is 0 Å². The van der Waals surface area contributed by atoms with Gasteiger partial charge in [-0.1, -0.05) is 12.1 Å². The van der Waals surface area contributed by atoms with Gasteiger partial charge in [0.2, 0.25) is 0 Å². The Hall–Kier alpha value is -1.07. The van der Waals surface area contributed by atoms with Gasteiger partial charge in [-0.25, -0.2) is 13.4 Å². The number of hydrogen-bond donors (Lipinski definition) is 0. The van der Waals surface area contributed by atoms with Crippen LogP contribution in [0.25, 0.3) is 11.0 Å². The molecule has 0 saturated carbocycles. The molecule has 0 radical (unpaired) electrons. The van der Waals surface area contributed by atoms with Crippen molar-refractivity contribution in [2.24, 2.45) is 0 Å². The van der Waals surface area contributed by atoms with Crippen LogP contribution in [0.15, 0.2) is 18.2 Å². The molecule has 1 fully saturated rings. The van der Waals surface area contributed by atoms with Gasteiger partial charge in [0, 0.05) is 6.54 Å². The molecule has 108 valence electrons.